The molecule has 0 radical (unpaired) electrons. The van der Waals surface area contributed by atoms with Gasteiger partial charge in [-0.05, 0) is 32.8 Å². The highest BCUT2D eigenvalue weighted by Gasteiger charge is 2.22. The second-order valence-corrected chi connectivity index (χ2v) is 6.42. The zero-order chi connectivity index (χ0) is 15.5. The maximum Gasteiger partial charge on any atom is 0.244 e. The van der Waals surface area contributed by atoms with Crippen molar-refractivity contribution in [1.29, 1.82) is 0 Å². The van der Waals surface area contributed by atoms with E-state index in [0.29, 0.717) is 6.04 Å². The summed E-state index contributed by atoms with van der Waals surface area (Å²) in [6.07, 6.45) is 7.26. The quantitative estimate of drug-likeness (QED) is 0.878. The third kappa shape index (κ3) is 3.01. The molecule has 22 heavy (non-hydrogen) atoms. The van der Waals surface area contributed by atoms with E-state index in [4.69, 9.17) is 0 Å². The molecule has 1 heterocycles. The van der Waals surface area contributed by atoms with Crippen molar-refractivity contribution in [2.24, 2.45) is 0 Å². The molecule has 0 bridgehead atoms. The standard InChI is InChI=1S/C18H25N3O/c1-13-16-11-7-8-12-17(16)21(20-13)14(2)18(22)19-15-9-5-3-4-6-10-15/h7-8,11-12,14-15H,3-6,9-10H2,1-2H3,(H,19,22)/t14-/m0/s1. The Bertz CT molecular complexity index is 653. The minimum atomic E-state index is -0.276. The highest BCUT2D eigenvalue weighted by Crippen LogP contribution is 2.22. The van der Waals surface area contributed by atoms with Crippen molar-refractivity contribution in [1.82, 2.24) is 15.1 Å². The molecule has 2 aromatic rings. The van der Waals surface area contributed by atoms with Gasteiger partial charge in [-0.2, -0.15) is 5.10 Å². The fourth-order valence-electron chi connectivity index (χ4n) is 3.40. The lowest BCUT2D eigenvalue weighted by atomic mass is 10.1. The summed E-state index contributed by atoms with van der Waals surface area (Å²) in [6, 6.07) is 8.16. The van der Waals surface area contributed by atoms with Gasteiger partial charge in [-0.15, -0.1) is 0 Å². The van der Waals surface area contributed by atoms with E-state index < -0.39 is 0 Å². The molecular formula is C18H25N3O. The molecule has 1 amide bonds. The highest BCUT2D eigenvalue weighted by molar-refractivity contribution is 5.86. The van der Waals surface area contributed by atoms with E-state index >= 15 is 0 Å². The van der Waals surface area contributed by atoms with Gasteiger partial charge in [0.25, 0.3) is 0 Å². The summed E-state index contributed by atoms with van der Waals surface area (Å²) in [5.74, 6) is 0.0835. The smallest absolute Gasteiger partial charge is 0.244 e. The van der Waals surface area contributed by atoms with Gasteiger partial charge in [-0.1, -0.05) is 43.9 Å². The van der Waals surface area contributed by atoms with Crippen LogP contribution < -0.4 is 5.32 Å². The number of aromatic nitrogens is 2. The monoisotopic (exact) mass is 299 g/mol. The molecule has 1 aromatic heterocycles. The van der Waals surface area contributed by atoms with E-state index in [9.17, 15) is 4.79 Å². The van der Waals surface area contributed by atoms with E-state index in [1.807, 2.05) is 36.7 Å². The van der Waals surface area contributed by atoms with E-state index in [0.717, 1.165) is 29.4 Å². The van der Waals surface area contributed by atoms with Crippen LogP contribution in [0.3, 0.4) is 0 Å². The topological polar surface area (TPSA) is 46.9 Å². The van der Waals surface area contributed by atoms with Crippen LogP contribution in [0.1, 0.15) is 57.2 Å². The second-order valence-electron chi connectivity index (χ2n) is 6.42. The first-order valence-corrected chi connectivity index (χ1v) is 8.41. The number of para-hydroxylation sites is 1. The number of fused-ring (bicyclic) bond motifs is 1. The number of nitrogens with one attached hydrogen (secondary N) is 1. The number of amides is 1. The van der Waals surface area contributed by atoms with Crippen molar-refractivity contribution in [3.63, 3.8) is 0 Å². The molecule has 0 unspecified atom stereocenters. The van der Waals surface area contributed by atoms with Gasteiger partial charge in [0.2, 0.25) is 5.91 Å². The third-order valence-electron chi connectivity index (χ3n) is 4.75. The van der Waals surface area contributed by atoms with E-state index in [2.05, 4.69) is 16.5 Å². The minimum Gasteiger partial charge on any atom is -0.352 e. The van der Waals surface area contributed by atoms with Gasteiger partial charge in [-0.25, -0.2) is 0 Å². The van der Waals surface area contributed by atoms with Crippen LogP contribution in [0.5, 0.6) is 0 Å². The molecule has 0 saturated heterocycles. The van der Waals surface area contributed by atoms with Crippen molar-refractivity contribution in [3.05, 3.63) is 30.0 Å². The Kier molecular flexibility index (Phi) is 4.46. The summed E-state index contributed by atoms with van der Waals surface area (Å²) in [4.78, 5) is 12.6. The van der Waals surface area contributed by atoms with Crippen molar-refractivity contribution in [2.75, 3.05) is 0 Å². The number of benzene rings is 1. The zero-order valence-corrected chi connectivity index (χ0v) is 13.5. The number of aryl methyl sites for hydroxylation is 1. The first-order chi connectivity index (χ1) is 10.7. The Labute approximate surface area is 131 Å². The largest absolute Gasteiger partial charge is 0.352 e. The molecule has 1 aliphatic rings. The molecule has 0 spiro atoms. The lowest BCUT2D eigenvalue weighted by Gasteiger charge is -2.20. The lowest BCUT2D eigenvalue weighted by molar-refractivity contribution is -0.124. The van der Waals surface area contributed by atoms with Crippen LogP contribution in [-0.4, -0.2) is 21.7 Å². The molecule has 118 valence electrons. The number of carbonyl (C=O) groups excluding carboxylic acids is 1. The SMILES string of the molecule is Cc1nn([C@@H](C)C(=O)NC2CCCCCC2)c2ccccc12. The summed E-state index contributed by atoms with van der Waals surface area (Å²) in [6.45, 7) is 3.93. The Morgan fingerprint density at radius 3 is 2.64 bits per heavy atom. The summed E-state index contributed by atoms with van der Waals surface area (Å²) in [5.41, 5.74) is 2.01. The van der Waals surface area contributed by atoms with Gasteiger partial charge in [0.1, 0.15) is 6.04 Å². The average molecular weight is 299 g/mol. The van der Waals surface area contributed by atoms with Crippen molar-refractivity contribution >= 4 is 16.8 Å². The fraction of sp³-hybridized carbons (Fsp3) is 0.556. The normalized spacial score (nSPS) is 18.1. The lowest BCUT2D eigenvalue weighted by Crippen LogP contribution is -2.39. The minimum absolute atomic E-state index is 0.0835. The molecule has 1 saturated carbocycles. The number of hydrogen-bond donors (Lipinski definition) is 1. The third-order valence-corrected chi connectivity index (χ3v) is 4.75. The molecule has 4 heteroatoms. The van der Waals surface area contributed by atoms with Crippen LogP contribution in [0.25, 0.3) is 10.9 Å². The molecular weight excluding hydrogens is 274 g/mol. The molecule has 0 aliphatic heterocycles. The molecule has 1 aliphatic carbocycles. The van der Waals surface area contributed by atoms with Crippen LogP contribution in [0.4, 0.5) is 0 Å². The van der Waals surface area contributed by atoms with Gasteiger partial charge in [0, 0.05) is 11.4 Å². The molecule has 1 aromatic carbocycles. The van der Waals surface area contributed by atoms with Gasteiger partial charge in [-0.3, -0.25) is 9.48 Å². The average Bonchev–Trinajstić information content (AvgIpc) is 2.70. The summed E-state index contributed by atoms with van der Waals surface area (Å²) < 4.78 is 1.86. The van der Waals surface area contributed by atoms with E-state index in [1.165, 1.54) is 25.7 Å². The van der Waals surface area contributed by atoms with E-state index in [1.54, 1.807) is 0 Å². The van der Waals surface area contributed by atoms with Crippen LogP contribution in [0.2, 0.25) is 0 Å². The predicted molar refractivity (Wildman–Crippen MR) is 88.8 cm³/mol. The van der Waals surface area contributed by atoms with Crippen LogP contribution >= 0.6 is 0 Å². The number of hydrogen-bond acceptors (Lipinski definition) is 2. The Morgan fingerprint density at radius 2 is 1.91 bits per heavy atom. The number of carbonyl (C=O) groups is 1. The van der Waals surface area contributed by atoms with Crippen molar-refractivity contribution < 1.29 is 4.79 Å². The fourth-order valence-corrected chi connectivity index (χ4v) is 3.40. The van der Waals surface area contributed by atoms with Gasteiger partial charge in [0.05, 0.1) is 11.2 Å². The molecule has 1 atom stereocenters. The summed E-state index contributed by atoms with van der Waals surface area (Å²) in [7, 11) is 0. The first-order valence-electron chi connectivity index (χ1n) is 8.41. The Morgan fingerprint density at radius 1 is 1.23 bits per heavy atom. The second kappa shape index (κ2) is 6.51. The van der Waals surface area contributed by atoms with Crippen molar-refractivity contribution in [2.45, 2.75) is 64.5 Å². The zero-order valence-electron chi connectivity index (χ0n) is 13.5. The Balaban J connectivity index is 1.77. The van der Waals surface area contributed by atoms with Gasteiger partial charge in [0.15, 0.2) is 0 Å². The van der Waals surface area contributed by atoms with Gasteiger partial charge < -0.3 is 5.32 Å². The van der Waals surface area contributed by atoms with Crippen molar-refractivity contribution in [3.8, 4) is 0 Å². The van der Waals surface area contributed by atoms with Crippen LogP contribution in [-0.2, 0) is 4.79 Å². The van der Waals surface area contributed by atoms with E-state index in [-0.39, 0.29) is 11.9 Å². The summed E-state index contributed by atoms with van der Waals surface area (Å²) in [5, 5.41) is 8.93. The number of rotatable bonds is 3. The summed E-state index contributed by atoms with van der Waals surface area (Å²) >= 11 is 0. The van der Waals surface area contributed by atoms with Crippen LogP contribution in [0, 0.1) is 6.92 Å². The molecule has 3 rings (SSSR count). The first kappa shape index (κ1) is 15.1. The van der Waals surface area contributed by atoms with Gasteiger partial charge >= 0.3 is 0 Å². The maximum atomic E-state index is 12.6. The maximum absolute atomic E-state index is 12.6. The molecule has 1 N–H and O–H groups in total. The highest BCUT2D eigenvalue weighted by atomic mass is 16.2. The number of nitrogens with zero attached hydrogens (tertiary/aromatic N) is 2. The Hall–Kier alpha value is -1.84. The predicted octanol–water partition coefficient (Wildman–Crippen LogP) is 3.74. The molecule has 4 nitrogen and oxygen atoms in total. The van der Waals surface area contributed by atoms with Crippen LogP contribution in [0.15, 0.2) is 24.3 Å². The molecule has 1 fully saturated rings.